The first kappa shape index (κ1) is 45.4. The van der Waals surface area contributed by atoms with E-state index in [-0.39, 0.29) is 55.7 Å². The number of hydrogen-bond donors (Lipinski definition) is 1. The first-order chi connectivity index (χ1) is 20.9. The number of aliphatic carboxylic acids is 4. The number of rotatable bonds is 26. The number of carbonyl (C=O) groups excluding carboxylic acids is 7. The minimum Gasteiger partial charge on any atom is -0.756 e. The van der Waals surface area contributed by atoms with Crippen molar-refractivity contribution in [3.63, 3.8) is 0 Å². The van der Waals surface area contributed by atoms with E-state index in [1.54, 1.807) is 0 Å². The van der Waals surface area contributed by atoms with Crippen molar-refractivity contribution in [2.75, 3.05) is 85.3 Å². The van der Waals surface area contributed by atoms with Crippen molar-refractivity contribution < 1.29 is 112 Å². The second-order valence-electron chi connectivity index (χ2n) is 9.15. The summed E-state index contributed by atoms with van der Waals surface area (Å²) >= 11 is 0. The van der Waals surface area contributed by atoms with E-state index in [9.17, 15) is 63.4 Å². The van der Waals surface area contributed by atoms with Crippen LogP contribution in [0.15, 0.2) is 0 Å². The summed E-state index contributed by atoms with van der Waals surface area (Å²) in [6.07, 6.45) is -1.25. The van der Waals surface area contributed by atoms with Gasteiger partial charge in [-0.05, 0) is 0 Å². The van der Waals surface area contributed by atoms with Crippen LogP contribution in [-0.2, 0) is 56.6 Å². The summed E-state index contributed by atoms with van der Waals surface area (Å²) in [5, 5.41) is 46.3. The van der Waals surface area contributed by atoms with Crippen LogP contribution in [0.5, 0.6) is 0 Å². The number of carboxylic acids is 4. The van der Waals surface area contributed by atoms with Gasteiger partial charge in [0.05, 0.1) is 43.6 Å². The summed E-state index contributed by atoms with van der Waals surface area (Å²) in [4.78, 5) is 93.4. The zero-order valence-corrected chi connectivity index (χ0v) is 28.4. The minimum absolute atomic E-state index is 0. The first-order valence-corrected chi connectivity index (χ1v) is 14.5. The fourth-order valence-corrected chi connectivity index (χ4v) is 4.11. The molecule has 0 aliphatic rings. The maximum atomic E-state index is 12.3. The number of nitrogens with one attached hydrogen (secondary N) is 1. The van der Waals surface area contributed by atoms with Crippen molar-refractivity contribution in [2.24, 2.45) is 0 Å². The van der Waals surface area contributed by atoms with Crippen LogP contribution >= 0.6 is 7.82 Å². The van der Waals surface area contributed by atoms with Crippen molar-refractivity contribution in [1.82, 2.24) is 20.0 Å². The van der Waals surface area contributed by atoms with Gasteiger partial charge in [-0.2, -0.15) is 0 Å². The molecule has 21 nitrogen and oxygen atoms in total. The molecule has 0 fully saturated rings. The van der Waals surface area contributed by atoms with Crippen LogP contribution in [0.3, 0.4) is 0 Å². The van der Waals surface area contributed by atoms with Crippen molar-refractivity contribution in [3.05, 3.63) is 0 Å². The van der Waals surface area contributed by atoms with E-state index in [4.69, 9.17) is 4.74 Å². The smallest absolute Gasteiger partial charge is 0.756 e. The zero-order valence-electron chi connectivity index (χ0n) is 25.5. The summed E-state index contributed by atoms with van der Waals surface area (Å²) in [6, 6.07) is 0. The molecule has 0 aromatic heterocycles. The average Bonchev–Trinajstić information content (AvgIpc) is 2.88. The molecule has 0 aliphatic heterocycles. The molecule has 1 N–H and O–H groups in total. The van der Waals surface area contributed by atoms with Gasteiger partial charge >= 0.3 is 41.5 Å². The topological polar surface area (TPSA) is 311 Å². The fourth-order valence-electron chi connectivity index (χ4n) is 3.37. The predicted molar refractivity (Wildman–Crippen MR) is 134 cm³/mol. The van der Waals surface area contributed by atoms with E-state index < -0.39 is 115 Å². The van der Waals surface area contributed by atoms with Crippen LogP contribution in [0.1, 0.15) is 13.8 Å². The van der Waals surface area contributed by atoms with E-state index in [0.717, 1.165) is 23.6 Å². The van der Waals surface area contributed by atoms with Gasteiger partial charge in [0.25, 0.3) is 7.82 Å². The molecule has 0 aromatic carbocycles. The SMILES string of the molecule is CC(=O)OC[C@H](COP(=O)([O-])OCCNC(=O)CN(CCN(CCN(CC(=O)[O-])CC(=O)[O-])CC(=O)[O-])CC(=O)[O-])OC(C)=O.[Na+]. The summed E-state index contributed by atoms with van der Waals surface area (Å²) in [5.41, 5.74) is 0. The molecule has 258 valence electrons. The van der Waals surface area contributed by atoms with Crippen LogP contribution in [0.25, 0.3) is 0 Å². The number of ether oxygens (including phenoxy) is 2. The second-order valence-corrected chi connectivity index (χ2v) is 10.6. The summed E-state index contributed by atoms with van der Waals surface area (Å²) in [6.45, 7) is -4.60. The minimum atomic E-state index is -4.97. The van der Waals surface area contributed by atoms with Gasteiger partial charge in [0.2, 0.25) is 5.91 Å². The molecular weight excluding hydrogens is 658 g/mol. The van der Waals surface area contributed by atoms with E-state index >= 15 is 0 Å². The molecule has 46 heavy (non-hydrogen) atoms. The van der Waals surface area contributed by atoms with Crippen LogP contribution in [0.2, 0.25) is 0 Å². The summed E-state index contributed by atoms with van der Waals surface area (Å²) < 4.78 is 30.5. The molecule has 2 atom stereocenters. The molecule has 0 spiro atoms. The third kappa shape index (κ3) is 26.5. The Morgan fingerprint density at radius 2 is 1.11 bits per heavy atom. The molecule has 23 heteroatoms. The van der Waals surface area contributed by atoms with Crippen molar-refractivity contribution in [3.8, 4) is 0 Å². The number of hydrogen-bond acceptors (Lipinski definition) is 20. The number of amides is 1. The number of phosphoric acid groups is 1. The predicted octanol–water partition coefficient (Wildman–Crippen LogP) is -12.0. The number of nitrogens with zero attached hydrogens (tertiary/aromatic N) is 3. The van der Waals surface area contributed by atoms with Gasteiger partial charge < -0.3 is 68.3 Å². The van der Waals surface area contributed by atoms with E-state index in [1.165, 1.54) is 4.90 Å². The molecule has 0 radical (unpaired) electrons. The van der Waals surface area contributed by atoms with Gasteiger partial charge in [-0.15, -0.1) is 0 Å². The maximum Gasteiger partial charge on any atom is 1.00 e. The Hall–Kier alpha value is -2.72. The Bertz CT molecular complexity index is 1070. The molecule has 0 heterocycles. The molecule has 0 rings (SSSR count). The van der Waals surface area contributed by atoms with Gasteiger partial charge in [-0.1, -0.05) is 0 Å². The van der Waals surface area contributed by atoms with Gasteiger partial charge in [0.1, 0.15) is 6.61 Å². The Balaban J connectivity index is 0. The van der Waals surface area contributed by atoms with Crippen LogP contribution in [0.4, 0.5) is 0 Å². The van der Waals surface area contributed by atoms with E-state index in [2.05, 4.69) is 19.1 Å². The number of phosphoric ester groups is 1. The van der Waals surface area contributed by atoms with Crippen molar-refractivity contribution in [1.29, 1.82) is 0 Å². The van der Waals surface area contributed by atoms with Gasteiger partial charge in [0.15, 0.2) is 6.10 Å². The number of esters is 2. The maximum absolute atomic E-state index is 12.3. The monoisotopic (exact) mass is 692 g/mol. The van der Waals surface area contributed by atoms with Crippen LogP contribution in [-0.4, -0.2) is 148 Å². The third-order valence-corrected chi connectivity index (χ3v) is 6.10. The standard InChI is InChI=1S/C23H39N4O17P.Na/c1-16(28)41-14-18(44-17(2)29)15-43-45(39,40)42-8-3-24-19(30)9-26(11-21(33)34)6-4-25(10-20(31)32)5-7-27(12-22(35)36)13-23(37)38;/h18H,3-15H2,1-2H3,(H,24,30)(H,31,32)(H,33,34)(H,35,36)(H,37,38)(H,39,40);/q;+1/p-5/t18-;/m1./s1. The summed E-state index contributed by atoms with van der Waals surface area (Å²) in [5.74, 6) is -8.62. The number of carbonyl (C=O) groups is 7. The average molecular weight is 693 g/mol. The van der Waals surface area contributed by atoms with Crippen LogP contribution in [0, 0.1) is 0 Å². The normalized spacial score (nSPS) is 12.9. The molecule has 0 saturated carbocycles. The Kier molecular flexibility index (Phi) is 24.1. The third-order valence-electron chi connectivity index (χ3n) is 5.14. The fraction of sp³-hybridized carbons (Fsp3) is 0.696. The quantitative estimate of drug-likeness (QED) is 0.0380. The first-order valence-electron chi connectivity index (χ1n) is 13.0. The molecule has 0 saturated heterocycles. The Labute approximate surface area is 285 Å². The Morgan fingerprint density at radius 1 is 0.674 bits per heavy atom. The molecule has 1 amide bonds. The van der Waals surface area contributed by atoms with Crippen molar-refractivity contribution in [2.45, 2.75) is 20.0 Å². The van der Waals surface area contributed by atoms with Gasteiger partial charge in [-0.25, -0.2) is 0 Å². The molecule has 0 aliphatic carbocycles. The van der Waals surface area contributed by atoms with Gasteiger partial charge in [0, 0.05) is 72.8 Å². The molecule has 0 aromatic rings. The zero-order chi connectivity index (χ0) is 34.6. The largest absolute Gasteiger partial charge is 1.00 e. The van der Waals surface area contributed by atoms with Crippen molar-refractivity contribution >= 4 is 49.5 Å². The molecule has 0 bridgehead atoms. The van der Waals surface area contributed by atoms with E-state index in [0.29, 0.717) is 0 Å². The summed E-state index contributed by atoms with van der Waals surface area (Å²) in [7, 11) is -4.97. The van der Waals surface area contributed by atoms with E-state index in [1.807, 2.05) is 0 Å². The van der Waals surface area contributed by atoms with Crippen LogP contribution < -0.4 is 60.2 Å². The Morgan fingerprint density at radius 3 is 1.54 bits per heavy atom. The molecular formula is C23H34N4NaO17P-4. The molecule has 1 unspecified atom stereocenters. The second kappa shape index (κ2) is 24.5. The number of carboxylic acid groups (broad SMARTS) is 4. The van der Waals surface area contributed by atoms with Gasteiger partial charge in [-0.3, -0.25) is 33.6 Å².